The number of para-hydroxylation sites is 1. The standard InChI is InChI=1S/C25H22ClN5O3/c1-15-8-23(32)31(25(15)33)12-17-10-28-11-20(26)19(17)13-34-22-5-3-4-18-21(30-7-6-27-14-30)9-16(2)29-24(18)22/h3-11,14,32-33H,12-13H2,1-2H3. The van der Waals surface area contributed by atoms with Crippen molar-refractivity contribution in [3.8, 4) is 23.2 Å². The van der Waals surface area contributed by atoms with Crippen molar-refractivity contribution in [2.45, 2.75) is 27.0 Å². The van der Waals surface area contributed by atoms with Crippen LogP contribution in [-0.2, 0) is 13.2 Å². The topological polar surface area (TPSA) is 98.2 Å². The van der Waals surface area contributed by atoms with Crippen LogP contribution in [0.2, 0.25) is 5.02 Å². The molecule has 0 aliphatic heterocycles. The molecule has 0 atom stereocenters. The third-order valence-electron chi connectivity index (χ3n) is 5.72. The maximum absolute atomic E-state index is 10.3. The number of rotatable bonds is 6. The summed E-state index contributed by atoms with van der Waals surface area (Å²) in [7, 11) is 0. The van der Waals surface area contributed by atoms with E-state index in [1.807, 2.05) is 42.0 Å². The van der Waals surface area contributed by atoms with Crippen LogP contribution < -0.4 is 4.74 Å². The number of hydrogen-bond donors (Lipinski definition) is 2. The summed E-state index contributed by atoms with van der Waals surface area (Å²) >= 11 is 6.48. The summed E-state index contributed by atoms with van der Waals surface area (Å²) in [6.45, 7) is 4.01. The van der Waals surface area contributed by atoms with Crippen molar-refractivity contribution in [3.05, 3.63) is 88.9 Å². The van der Waals surface area contributed by atoms with Crippen molar-refractivity contribution < 1.29 is 14.9 Å². The van der Waals surface area contributed by atoms with Crippen molar-refractivity contribution in [1.82, 2.24) is 24.1 Å². The fourth-order valence-electron chi connectivity index (χ4n) is 3.99. The van der Waals surface area contributed by atoms with Gasteiger partial charge in [-0.05, 0) is 31.5 Å². The van der Waals surface area contributed by atoms with Gasteiger partial charge in [0.05, 0.1) is 23.6 Å². The van der Waals surface area contributed by atoms with Crippen LogP contribution >= 0.6 is 11.6 Å². The molecule has 0 aliphatic rings. The molecule has 172 valence electrons. The third-order valence-corrected chi connectivity index (χ3v) is 6.04. The van der Waals surface area contributed by atoms with E-state index >= 15 is 0 Å². The van der Waals surface area contributed by atoms with E-state index in [0.29, 0.717) is 21.9 Å². The number of aryl methyl sites for hydroxylation is 2. The van der Waals surface area contributed by atoms with E-state index in [9.17, 15) is 10.2 Å². The second-order valence-corrected chi connectivity index (χ2v) is 8.46. The molecule has 0 aliphatic carbocycles. The zero-order valence-corrected chi connectivity index (χ0v) is 19.4. The quantitative estimate of drug-likeness (QED) is 0.361. The number of aromatic hydroxyl groups is 2. The molecule has 4 heterocycles. The summed E-state index contributed by atoms with van der Waals surface area (Å²) in [6.07, 6.45) is 8.57. The fraction of sp³-hybridized carbons (Fsp3) is 0.160. The first-order chi connectivity index (χ1) is 16.4. The van der Waals surface area contributed by atoms with Crippen LogP contribution in [0.4, 0.5) is 0 Å². The Morgan fingerprint density at radius 3 is 2.68 bits per heavy atom. The Labute approximate surface area is 200 Å². The lowest BCUT2D eigenvalue weighted by Gasteiger charge is -2.16. The number of halogens is 1. The lowest BCUT2D eigenvalue weighted by atomic mass is 10.1. The minimum absolute atomic E-state index is 0.00916. The Kier molecular flexibility index (Phi) is 5.59. The van der Waals surface area contributed by atoms with Crippen molar-refractivity contribution >= 4 is 22.5 Å². The van der Waals surface area contributed by atoms with E-state index in [2.05, 4.69) is 9.97 Å². The highest BCUT2D eigenvalue weighted by molar-refractivity contribution is 6.31. The summed E-state index contributed by atoms with van der Waals surface area (Å²) < 4.78 is 9.56. The second-order valence-electron chi connectivity index (χ2n) is 8.05. The van der Waals surface area contributed by atoms with Crippen molar-refractivity contribution in [1.29, 1.82) is 0 Å². The number of ether oxygens (including phenoxy) is 1. The average molecular weight is 476 g/mol. The highest BCUT2D eigenvalue weighted by atomic mass is 35.5. The smallest absolute Gasteiger partial charge is 0.197 e. The molecule has 8 nitrogen and oxygen atoms in total. The lowest BCUT2D eigenvalue weighted by Crippen LogP contribution is -2.07. The van der Waals surface area contributed by atoms with Gasteiger partial charge in [0.15, 0.2) is 11.8 Å². The van der Waals surface area contributed by atoms with Gasteiger partial charge < -0.3 is 19.5 Å². The Bertz CT molecular complexity index is 1490. The Hall–Kier alpha value is -4.04. The number of aromatic nitrogens is 5. The van der Waals surface area contributed by atoms with Gasteiger partial charge in [-0.15, -0.1) is 0 Å². The molecule has 5 aromatic rings. The molecule has 0 fully saturated rings. The number of nitrogens with zero attached hydrogens (tertiary/aromatic N) is 5. The molecular formula is C25H22ClN5O3. The molecule has 0 saturated carbocycles. The van der Waals surface area contributed by atoms with Gasteiger partial charge in [-0.3, -0.25) is 9.55 Å². The first-order valence-electron chi connectivity index (χ1n) is 10.6. The predicted molar refractivity (Wildman–Crippen MR) is 129 cm³/mol. The molecule has 4 aromatic heterocycles. The average Bonchev–Trinajstić information content (AvgIpc) is 3.43. The van der Waals surface area contributed by atoms with Gasteiger partial charge >= 0.3 is 0 Å². The Morgan fingerprint density at radius 1 is 1.09 bits per heavy atom. The number of pyridine rings is 2. The molecule has 9 heteroatoms. The Morgan fingerprint density at radius 2 is 1.94 bits per heavy atom. The fourth-order valence-corrected chi connectivity index (χ4v) is 4.23. The maximum atomic E-state index is 10.3. The van der Waals surface area contributed by atoms with E-state index in [1.54, 1.807) is 31.8 Å². The summed E-state index contributed by atoms with van der Waals surface area (Å²) in [5.74, 6) is 0.566. The minimum Gasteiger partial charge on any atom is -0.494 e. The third kappa shape index (κ3) is 3.92. The summed E-state index contributed by atoms with van der Waals surface area (Å²) in [5, 5.41) is 21.9. The zero-order chi connectivity index (χ0) is 23.8. The molecule has 0 spiro atoms. The molecule has 34 heavy (non-hydrogen) atoms. The van der Waals surface area contributed by atoms with Crippen LogP contribution in [0, 0.1) is 13.8 Å². The van der Waals surface area contributed by atoms with Crippen molar-refractivity contribution in [3.63, 3.8) is 0 Å². The zero-order valence-electron chi connectivity index (χ0n) is 18.6. The highest BCUT2D eigenvalue weighted by Gasteiger charge is 2.16. The highest BCUT2D eigenvalue weighted by Crippen LogP contribution is 2.32. The van der Waals surface area contributed by atoms with Gasteiger partial charge in [0, 0.05) is 53.1 Å². The van der Waals surface area contributed by atoms with E-state index in [0.717, 1.165) is 27.8 Å². The normalized spacial score (nSPS) is 11.3. The molecule has 0 radical (unpaired) electrons. The first-order valence-corrected chi connectivity index (χ1v) is 11.0. The number of hydrogen-bond acceptors (Lipinski definition) is 6. The number of fused-ring (bicyclic) bond motifs is 1. The van der Waals surface area contributed by atoms with Crippen LogP contribution in [0.5, 0.6) is 17.5 Å². The minimum atomic E-state index is -0.0393. The van der Waals surface area contributed by atoms with Gasteiger partial charge in [-0.25, -0.2) is 9.97 Å². The molecule has 5 rings (SSSR count). The number of benzene rings is 1. The van der Waals surface area contributed by atoms with Crippen LogP contribution in [0.3, 0.4) is 0 Å². The molecule has 0 amide bonds. The first kappa shape index (κ1) is 21.8. The van der Waals surface area contributed by atoms with E-state index < -0.39 is 0 Å². The molecule has 0 saturated heterocycles. The second kappa shape index (κ2) is 8.72. The summed E-state index contributed by atoms with van der Waals surface area (Å²) in [4.78, 5) is 13.1. The predicted octanol–water partition coefficient (Wildman–Crippen LogP) is 4.93. The van der Waals surface area contributed by atoms with E-state index in [-0.39, 0.29) is 24.9 Å². The van der Waals surface area contributed by atoms with Gasteiger partial charge in [0.2, 0.25) is 0 Å². The largest absolute Gasteiger partial charge is 0.494 e. The van der Waals surface area contributed by atoms with Crippen LogP contribution in [0.1, 0.15) is 22.4 Å². The summed E-state index contributed by atoms with van der Waals surface area (Å²) in [5.41, 5.74) is 4.55. The monoisotopic (exact) mass is 475 g/mol. The van der Waals surface area contributed by atoms with Gasteiger partial charge in [-0.2, -0.15) is 0 Å². The number of imidazole rings is 1. The van der Waals surface area contributed by atoms with Gasteiger partial charge in [0.1, 0.15) is 17.9 Å². The van der Waals surface area contributed by atoms with Crippen molar-refractivity contribution in [2.75, 3.05) is 0 Å². The van der Waals surface area contributed by atoms with Crippen molar-refractivity contribution in [2.24, 2.45) is 0 Å². The van der Waals surface area contributed by atoms with Crippen LogP contribution in [0.25, 0.3) is 16.6 Å². The van der Waals surface area contributed by atoms with Gasteiger partial charge in [0.25, 0.3) is 0 Å². The molecule has 0 bridgehead atoms. The molecule has 0 unspecified atom stereocenters. The van der Waals surface area contributed by atoms with Gasteiger partial charge in [-0.1, -0.05) is 23.7 Å². The van der Waals surface area contributed by atoms with Crippen LogP contribution in [0.15, 0.2) is 61.4 Å². The van der Waals surface area contributed by atoms with Crippen LogP contribution in [-0.4, -0.2) is 34.3 Å². The molecule has 1 aromatic carbocycles. The molecule has 2 N–H and O–H groups in total. The van der Waals surface area contributed by atoms with E-state index in [4.69, 9.17) is 21.3 Å². The maximum Gasteiger partial charge on any atom is 0.197 e. The molecular weight excluding hydrogens is 454 g/mol. The lowest BCUT2D eigenvalue weighted by molar-refractivity contribution is 0.307. The SMILES string of the molecule is Cc1cc(-n2ccnc2)c2cccc(OCc3c(Cl)cncc3Cn3c(O)cc(C)c3O)c2n1. The summed E-state index contributed by atoms with van der Waals surface area (Å²) in [6, 6.07) is 9.29. The van der Waals surface area contributed by atoms with E-state index in [1.165, 1.54) is 10.6 Å². The Balaban J connectivity index is 1.50.